The molecule has 0 spiro atoms. The van der Waals surface area contributed by atoms with Gasteiger partial charge in [0.1, 0.15) is 5.82 Å². The number of aromatic amines is 2. The van der Waals surface area contributed by atoms with Crippen molar-refractivity contribution in [1.29, 1.82) is 0 Å². The van der Waals surface area contributed by atoms with Crippen molar-refractivity contribution in [2.45, 2.75) is 0 Å². The highest BCUT2D eigenvalue weighted by atomic mass is 19.1. The van der Waals surface area contributed by atoms with Crippen LogP contribution < -0.4 is 5.69 Å². The lowest BCUT2D eigenvalue weighted by Gasteiger charge is -2.02. The Bertz CT molecular complexity index is 742. The third-order valence-corrected chi connectivity index (χ3v) is 2.69. The number of H-pyrrole nitrogens is 2. The summed E-state index contributed by atoms with van der Waals surface area (Å²) in [5.74, 6) is -0.294. The highest BCUT2D eigenvalue weighted by Gasteiger charge is 2.06. The van der Waals surface area contributed by atoms with Crippen molar-refractivity contribution in [2.75, 3.05) is 0 Å². The predicted molar refractivity (Wildman–Crippen MR) is 64.3 cm³/mol. The van der Waals surface area contributed by atoms with Crippen LogP contribution in [0.2, 0.25) is 0 Å². The van der Waals surface area contributed by atoms with E-state index in [1.54, 1.807) is 12.1 Å². The average molecular weight is 228 g/mol. The monoisotopic (exact) mass is 228 g/mol. The SMILES string of the molecule is O=c1[nH]c2cccc(-c3cccc(F)c3)c2[nH]1. The van der Waals surface area contributed by atoms with Crippen molar-refractivity contribution in [3.8, 4) is 11.1 Å². The zero-order valence-electron chi connectivity index (χ0n) is 8.83. The van der Waals surface area contributed by atoms with Gasteiger partial charge in [-0.05, 0) is 23.8 Å². The summed E-state index contributed by atoms with van der Waals surface area (Å²) in [5.41, 5.74) is 2.70. The predicted octanol–water partition coefficient (Wildman–Crippen LogP) is 2.66. The lowest BCUT2D eigenvalue weighted by molar-refractivity contribution is 0.628. The molecule has 3 nitrogen and oxygen atoms in total. The Balaban J connectivity index is 2.33. The van der Waals surface area contributed by atoms with E-state index in [4.69, 9.17) is 0 Å². The number of hydrogen-bond acceptors (Lipinski definition) is 1. The molecule has 0 unspecified atom stereocenters. The Kier molecular flexibility index (Phi) is 2.08. The van der Waals surface area contributed by atoms with E-state index < -0.39 is 0 Å². The van der Waals surface area contributed by atoms with E-state index in [1.165, 1.54) is 12.1 Å². The molecule has 0 fully saturated rings. The Hall–Kier alpha value is -2.36. The first kappa shape index (κ1) is 9.84. The number of aromatic nitrogens is 2. The number of hydrogen-bond donors (Lipinski definition) is 2. The maximum Gasteiger partial charge on any atom is 0.323 e. The van der Waals surface area contributed by atoms with Crippen LogP contribution in [0.25, 0.3) is 22.2 Å². The van der Waals surface area contributed by atoms with E-state index in [1.807, 2.05) is 18.2 Å². The molecule has 0 saturated heterocycles. The van der Waals surface area contributed by atoms with E-state index in [-0.39, 0.29) is 11.5 Å². The number of halogens is 1. The number of para-hydroxylation sites is 1. The van der Waals surface area contributed by atoms with Crippen molar-refractivity contribution in [3.05, 3.63) is 58.8 Å². The Morgan fingerprint density at radius 3 is 2.65 bits per heavy atom. The van der Waals surface area contributed by atoms with Crippen molar-refractivity contribution in [3.63, 3.8) is 0 Å². The van der Waals surface area contributed by atoms with Crippen LogP contribution >= 0.6 is 0 Å². The Morgan fingerprint density at radius 1 is 1.00 bits per heavy atom. The van der Waals surface area contributed by atoms with Gasteiger partial charge in [-0.3, -0.25) is 0 Å². The highest BCUT2D eigenvalue weighted by Crippen LogP contribution is 2.25. The minimum Gasteiger partial charge on any atom is -0.306 e. The number of rotatable bonds is 1. The van der Waals surface area contributed by atoms with Gasteiger partial charge < -0.3 is 9.97 Å². The van der Waals surface area contributed by atoms with Gasteiger partial charge in [0.2, 0.25) is 0 Å². The third kappa shape index (κ3) is 1.63. The van der Waals surface area contributed by atoms with Crippen molar-refractivity contribution in [1.82, 2.24) is 9.97 Å². The molecule has 1 aromatic heterocycles. The van der Waals surface area contributed by atoms with E-state index in [0.29, 0.717) is 5.52 Å². The van der Waals surface area contributed by atoms with Crippen LogP contribution in [0, 0.1) is 5.82 Å². The summed E-state index contributed by atoms with van der Waals surface area (Å²) < 4.78 is 13.2. The van der Waals surface area contributed by atoms with Gasteiger partial charge in [-0.1, -0.05) is 24.3 Å². The van der Waals surface area contributed by atoms with E-state index in [0.717, 1.165) is 16.6 Å². The van der Waals surface area contributed by atoms with Gasteiger partial charge in [0.25, 0.3) is 0 Å². The molecular formula is C13H9FN2O. The van der Waals surface area contributed by atoms with Crippen LogP contribution in [0.15, 0.2) is 47.3 Å². The van der Waals surface area contributed by atoms with Crippen LogP contribution in [-0.4, -0.2) is 9.97 Å². The number of benzene rings is 2. The highest BCUT2D eigenvalue weighted by molar-refractivity contribution is 5.91. The number of imidazole rings is 1. The molecule has 4 heteroatoms. The first-order chi connectivity index (χ1) is 8.24. The van der Waals surface area contributed by atoms with Crippen molar-refractivity contribution >= 4 is 11.0 Å². The molecule has 0 radical (unpaired) electrons. The second kappa shape index (κ2) is 3.59. The fourth-order valence-electron chi connectivity index (χ4n) is 1.95. The van der Waals surface area contributed by atoms with Crippen LogP contribution in [-0.2, 0) is 0 Å². The topological polar surface area (TPSA) is 48.6 Å². The summed E-state index contributed by atoms with van der Waals surface area (Å²) in [6, 6.07) is 11.8. The normalized spacial score (nSPS) is 10.9. The smallest absolute Gasteiger partial charge is 0.306 e. The second-order valence-electron chi connectivity index (χ2n) is 3.82. The molecule has 17 heavy (non-hydrogen) atoms. The number of fused-ring (bicyclic) bond motifs is 1. The molecule has 0 bridgehead atoms. The van der Waals surface area contributed by atoms with E-state index >= 15 is 0 Å². The minimum atomic E-state index is -0.294. The van der Waals surface area contributed by atoms with Gasteiger partial charge in [0.05, 0.1) is 11.0 Å². The average Bonchev–Trinajstić information content (AvgIpc) is 2.68. The van der Waals surface area contributed by atoms with Crippen LogP contribution in [0.3, 0.4) is 0 Å². The van der Waals surface area contributed by atoms with Crippen molar-refractivity contribution < 1.29 is 4.39 Å². The van der Waals surface area contributed by atoms with Crippen LogP contribution in [0.1, 0.15) is 0 Å². The molecule has 3 aromatic rings. The fourth-order valence-corrected chi connectivity index (χ4v) is 1.95. The molecule has 2 N–H and O–H groups in total. The molecule has 0 aliphatic heterocycles. The van der Waals surface area contributed by atoms with Gasteiger partial charge in [-0.25, -0.2) is 9.18 Å². The molecule has 1 heterocycles. The van der Waals surface area contributed by atoms with Crippen molar-refractivity contribution in [2.24, 2.45) is 0 Å². The molecule has 84 valence electrons. The maximum absolute atomic E-state index is 13.2. The van der Waals surface area contributed by atoms with Gasteiger partial charge in [-0.2, -0.15) is 0 Å². The first-order valence-corrected chi connectivity index (χ1v) is 5.21. The summed E-state index contributed by atoms with van der Waals surface area (Å²) in [7, 11) is 0. The molecule has 3 rings (SSSR count). The Morgan fingerprint density at radius 2 is 1.82 bits per heavy atom. The summed E-state index contributed by atoms with van der Waals surface area (Å²) in [4.78, 5) is 16.6. The van der Waals surface area contributed by atoms with Gasteiger partial charge in [-0.15, -0.1) is 0 Å². The minimum absolute atomic E-state index is 0.260. The standard InChI is InChI=1S/C13H9FN2O/c14-9-4-1-3-8(7-9)10-5-2-6-11-12(10)16-13(17)15-11/h1-7H,(H2,15,16,17). The molecule has 0 aliphatic rings. The van der Waals surface area contributed by atoms with Crippen LogP contribution in [0.4, 0.5) is 4.39 Å². The third-order valence-electron chi connectivity index (χ3n) is 2.69. The molecule has 0 saturated carbocycles. The fraction of sp³-hybridized carbons (Fsp3) is 0. The lowest BCUT2D eigenvalue weighted by Crippen LogP contribution is -1.99. The van der Waals surface area contributed by atoms with Crippen LogP contribution in [0.5, 0.6) is 0 Å². The zero-order valence-corrected chi connectivity index (χ0v) is 8.83. The zero-order chi connectivity index (χ0) is 11.8. The molecular weight excluding hydrogens is 219 g/mol. The largest absolute Gasteiger partial charge is 0.323 e. The summed E-state index contributed by atoms with van der Waals surface area (Å²) in [5, 5.41) is 0. The molecule has 0 amide bonds. The number of nitrogens with one attached hydrogen (secondary N) is 2. The summed E-state index contributed by atoms with van der Waals surface area (Å²) in [6.45, 7) is 0. The lowest BCUT2D eigenvalue weighted by atomic mass is 10.0. The van der Waals surface area contributed by atoms with Gasteiger partial charge in [0.15, 0.2) is 0 Å². The summed E-state index contributed by atoms with van der Waals surface area (Å²) in [6.07, 6.45) is 0. The Labute approximate surface area is 95.9 Å². The molecule has 0 aliphatic carbocycles. The van der Waals surface area contributed by atoms with Gasteiger partial charge in [0, 0.05) is 5.56 Å². The van der Waals surface area contributed by atoms with E-state index in [9.17, 15) is 9.18 Å². The molecule has 0 atom stereocenters. The van der Waals surface area contributed by atoms with E-state index in [2.05, 4.69) is 9.97 Å². The maximum atomic E-state index is 13.2. The molecule has 2 aromatic carbocycles. The quantitative estimate of drug-likeness (QED) is 0.661. The van der Waals surface area contributed by atoms with Gasteiger partial charge >= 0.3 is 5.69 Å². The second-order valence-corrected chi connectivity index (χ2v) is 3.82. The first-order valence-electron chi connectivity index (χ1n) is 5.21. The summed E-state index contributed by atoms with van der Waals surface area (Å²) >= 11 is 0.